The van der Waals surface area contributed by atoms with Crippen molar-refractivity contribution < 1.29 is 36.8 Å². The SMILES string of the molecule is NC(=O)O[C@@H]1CCCN(C(=O)c2cc([N+](=O)[O-])c(F)c(C(F)(F)F)c2)C1. The van der Waals surface area contributed by atoms with Gasteiger partial charge in [0.1, 0.15) is 6.10 Å². The quantitative estimate of drug-likeness (QED) is 0.492. The summed E-state index contributed by atoms with van der Waals surface area (Å²) in [5.74, 6) is -3.04. The van der Waals surface area contributed by atoms with Crippen LogP contribution in [-0.2, 0) is 10.9 Å². The van der Waals surface area contributed by atoms with Crippen LogP contribution in [0.2, 0.25) is 0 Å². The summed E-state index contributed by atoms with van der Waals surface area (Å²) in [6.45, 7) is -0.0156. The molecule has 0 bridgehead atoms. The molecule has 1 aliphatic rings. The molecule has 1 saturated heterocycles. The fourth-order valence-electron chi connectivity index (χ4n) is 2.64. The van der Waals surface area contributed by atoms with E-state index in [-0.39, 0.29) is 19.2 Å². The number of benzene rings is 1. The maximum atomic E-state index is 13.8. The zero-order valence-electron chi connectivity index (χ0n) is 13.1. The number of hydrogen-bond donors (Lipinski definition) is 1. The molecule has 0 spiro atoms. The molecule has 2 N–H and O–H groups in total. The van der Waals surface area contributed by atoms with Crippen LogP contribution >= 0.6 is 0 Å². The number of halogens is 4. The van der Waals surface area contributed by atoms with Crippen molar-refractivity contribution in [2.75, 3.05) is 13.1 Å². The summed E-state index contributed by atoms with van der Waals surface area (Å²) in [7, 11) is 0. The number of hydrogen-bond acceptors (Lipinski definition) is 5. The molecule has 0 saturated carbocycles. The summed E-state index contributed by atoms with van der Waals surface area (Å²) in [4.78, 5) is 33.8. The minimum absolute atomic E-state index is 0.129. The van der Waals surface area contributed by atoms with Crippen molar-refractivity contribution in [3.8, 4) is 0 Å². The monoisotopic (exact) mass is 379 g/mol. The third kappa shape index (κ3) is 4.18. The number of nitrogens with two attached hydrogens (primary N) is 1. The second-order valence-electron chi connectivity index (χ2n) is 5.56. The standard InChI is InChI=1S/C14H13F4N3O5/c15-11-9(14(16,17)18)4-7(5-10(11)21(24)25)12(22)20-3-1-2-8(6-20)26-13(19)23/h4-5,8H,1-3,6H2,(H2,19,23)/t8-/m1/s1. The molecular weight excluding hydrogens is 366 g/mol. The lowest BCUT2D eigenvalue weighted by atomic mass is 10.0. The van der Waals surface area contributed by atoms with Crippen LogP contribution in [0.3, 0.4) is 0 Å². The fourth-order valence-corrected chi connectivity index (χ4v) is 2.64. The Labute approximate surface area is 143 Å². The van der Waals surface area contributed by atoms with Gasteiger partial charge in [-0.1, -0.05) is 0 Å². The van der Waals surface area contributed by atoms with E-state index in [1.807, 2.05) is 0 Å². The van der Waals surface area contributed by atoms with Crippen LogP contribution in [0.25, 0.3) is 0 Å². The maximum Gasteiger partial charge on any atom is 0.419 e. The molecule has 1 aliphatic heterocycles. The van der Waals surface area contributed by atoms with Crippen molar-refractivity contribution >= 4 is 17.7 Å². The first kappa shape index (κ1) is 19.4. The molecule has 0 aromatic heterocycles. The van der Waals surface area contributed by atoms with Crippen molar-refractivity contribution in [3.05, 3.63) is 39.2 Å². The summed E-state index contributed by atoms with van der Waals surface area (Å²) in [5.41, 5.74) is 0.838. The highest BCUT2D eigenvalue weighted by molar-refractivity contribution is 5.95. The van der Waals surface area contributed by atoms with Gasteiger partial charge in [-0.3, -0.25) is 14.9 Å². The van der Waals surface area contributed by atoms with E-state index < -0.39 is 51.8 Å². The number of likely N-dealkylation sites (tertiary alicyclic amines) is 1. The number of carbonyl (C=O) groups is 2. The molecule has 12 heteroatoms. The number of amides is 2. The van der Waals surface area contributed by atoms with Gasteiger partial charge in [-0.25, -0.2) is 4.79 Å². The van der Waals surface area contributed by atoms with Crippen molar-refractivity contribution in [3.63, 3.8) is 0 Å². The number of primary amides is 1. The number of nitro groups is 1. The summed E-state index contributed by atoms with van der Waals surface area (Å²) >= 11 is 0. The van der Waals surface area contributed by atoms with Crippen LogP contribution in [0.1, 0.15) is 28.8 Å². The molecule has 0 unspecified atom stereocenters. The molecular formula is C14H13F4N3O5. The highest BCUT2D eigenvalue weighted by Gasteiger charge is 2.39. The number of nitro benzene ring substituents is 1. The number of ether oxygens (including phenoxy) is 1. The largest absolute Gasteiger partial charge is 0.445 e. The Kier molecular flexibility index (Phi) is 5.33. The molecule has 26 heavy (non-hydrogen) atoms. The number of alkyl halides is 3. The van der Waals surface area contributed by atoms with Crippen molar-refractivity contribution in [2.45, 2.75) is 25.1 Å². The van der Waals surface area contributed by atoms with Crippen molar-refractivity contribution in [1.82, 2.24) is 4.90 Å². The van der Waals surface area contributed by atoms with Crippen LogP contribution in [0.15, 0.2) is 12.1 Å². The molecule has 0 aliphatic carbocycles. The maximum absolute atomic E-state index is 13.8. The molecule has 2 rings (SSSR count). The number of carbonyl (C=O) groups excluding carboxylic acids is 2. The van der Waals surface area contributed by atoms with E-state index in [0.717, 1.165) is 4.90 Å². The first-order valence-corrected chi connectivity index (χ1v) is 7.31. The van der Waals surface area contributed by atoms with Gasteiger partial charge in [0.2, 0.25) is 5.82 Å². The molecule has 1 aromatic rings. The van der Waals surface area contributed by atoms with E-state index >= 15 is 0 Å². The summed E-state index contributed by atoms with van der Waals surface area (Å²) in [6, 6.07) is 0.675. The van der Waals surface area contributed by atoms with Gasteiger partial charge >= 0.3 is 18.0 Å². The Morgan fingerprint density at radius 1 is 1.35 bits per heavy atom. The van der Waals surface area contributed by atoms with Crippen LogP contribution in [0.4, 0.5) is 28.0 Å². The Morgan fingerprint density at radius 3 is 2.54 bits per heavy atom. The Hall–Kier alpha value is -2.92. The van der Waals surface area contributed by atoms with Gasteiger partial charge in [0.15, 0.2) is 0 Å². The molecule has 1 aromatic carbocycles. The zero-order chi connectivity index (χ0) is 19.6. The van der Waals surface area contributed by atoms with Gasteiger partial charge in [-0.15, -0.1) is 0 Å². The van der Waals surface area contributed by atoms with Crippen LogP contribution in [0, 0.1) is 15.9 Å². The van der Waals surface area contributed by atoms with Crippen LogP contribution in [-0.4, -0.2) is 41.0 Å². The van der Waals surface area contributed by atoms with Gasteiger partial charge in [-0.05, 0) is 18.9 Å². The first-order valence-electron chi connectivity index (χ1n) is 7.31. The van der Waals surface area contributed by atoms with Crippen LogP contribution in [0.5, 0.6) is 0 Å². The van der Waals surface area contributed by atoms with Gasteiger partial charge in [0.25, 0.3) is 5.91 Å². The van der Waals surface area contributed by atoms with Crippen molar-refractivity contribution in [2.24, 2.45) is 5.73 Å². The lowest BCUT2D eigenvalue weighted by Crippen LogP contribution is -2.44. The second kappa shape index (κ2) is 7.14. The molecule has 1 fully saturated rings. The summed E-state index contributed by atoms with van der Waals surface area (Å²) < 4.78 is 57.3. The third-order valence-electron chi connectivity index (χ3n) is 3.75. The fraction of sp³-hybridized carbons (Fsp3) is 0.429. The highest BCUT2D eigenvalue weighted by Crippen LogP contribution is 2.36. The average molecular weight is 379 g/mol. The zero-order valence-corrected chi connectivity index (χ0v) is 13.1. The Morgan fingerprint density at radius 2 is 2.00 bits per heavy atom. The first-order chi connectivity index (χ1) is 12.0. The third-order valence-corrected chi connectivity index (χ3v) is 3.75. The lowest BCUT2D eigenvalue weighted by Gasteiger charge is -2.32. The summed E-state index contributed by atoms with van der Waals surface area (Å²) in [6.07, 6.45) is -6.27. The molecule has 142 valence electrons. The van der Waals surface area contributed by atoms with Gasteiger partial charge in [0, 0.05) is 18.2 Å². The van der Waals surface area contributed by atoms with E-state index in [1.165, 1.54) is 0 Å². The van der Waals surface area contributed by atoms with Crippen LogP contribution < -0.4 is 5.73 Å². The average Bonchev–Trinajstić information content (AvgIpc) is 2.52. The minimum Gasteiger partial charge on any atom is -0.445 e. The minimum atomic E-state index is -5.22. The van der Waals surface area contributed by atoms with Gasteiger partial charge in [0.05, 0.1) is 17.0 Å². The van der Waals surface area contributed by atoms with E-state index in [1.54, 1.807) is 0 Å². The molecule has 8 nitrogen and oxygen atoms in total. The Bertz CT molecular complexity index is 753. The molecule has 2 amide bonds. The van der Waals surface area contributed by atoms with E-state index in [9.17, 15) is 37.3 Å². The number of piperidine rings is 1. The molecule has 0 radical (unpaired) electrons. The van der Waals surface area contributed by atoms with Gasteiger partial charge in [-0.2, -0.15) is 17.6 Å². The smallest absolute Gasteiger partial charge is 0.419 e. The van der Waals surface area contributed by atoms with E-state index in [2.05, 4.69) is 0 Å². The van der Waals surface area contributed by atoms with Crippen molar-refractivity contribution in [1.29, 1.82) is 0 Å². The normalized spacial score (nSPS) is 17.7. The van der Waals surface area contributed by atoms with E-state index in [4.69, 9.17) is 10.5 Å². The van der Waals surface area contributed by atoms with Gasteiger partial charge < -0.3 is 15.4 Å². The highest BCUT2D eigenvalue weighted by atomic mass is 19.4. The lowest BCUT2D eigenvalue weighted by molar-refractivity contribution is -0.387. The van der Waals surface area contributed by atoms with E-state index in [0.29, 0.717) is 18.9 Å². The second-order valence-corrected chi connectivity index (χ2v) is 5.56. The summed E-state index contributed by atoms with van der Waals surface area (Å²) in [5, 5.41) is 10.8. The molecule has 1 heterocycles. The predicted molar refractivity (Wildman–Crippen MR) is 77.7 cm³/mol. The molecule has 1 atom stereocenters. The number of rotatable bonds is 3. The Balaban J connectivity index is 2.37. The topological polar surface area (TPSA) is 116 Å². The predicted octanol–water partition coefficient (Wildman–Crippen LogP) is 2.45. The number of nitrogens with zero attached hydrogens (tertiary/aromatic N) is 2.